The molecule has 3 N–H and O–H groups in total. The number of aliphatic hydroxyl groups is 1. The number of ether oxygens (including phenoxy) is 1. The number of carbonyl (C=O) groups is 2. The van der Waals surface area contributed by atoms with Crippen molar-refractivity contribution in [1.29, 1.82) is 0 Å². The quantitative estimate of drug-likeness (QED) is 0.317. The third kappa shape index (κ3) is 7.80. The van der Waals surface area contributed by atoms with Crippen LogP contribution >= 0.6 is 15.9 Å². The van der Waals surface area contributed by atoms with Crippen LogP contribution < -0.4 is 15.0 Å². The van der Waals surface area contributed by atoms with Gasteiger partial charge in [0.15, 0.2) is 0 Å². The molecule has 1 aromatic heterocycles. The van der Waals surface area contributed by atoms with E-state index in [9.17, 15) is 14.7 Å². The van der Waals surface area contributed by atoms with E-state index >= 15 is 0 Å². The Bertz CT molecular complexity index is 1130. The van der Waals surface area contributed by atoms with Crippen molar-refractivity contribution in [2.24, 2.45) is 0 Å². The number of hydrogen-bond acceptors (Lipinski definition) is 6. The van der Waals surface area contributed by atoms with E-state index < -0.39 is 24.5 Å². The minimum absolute atomic E-state index is 0.281. The highest BCUT2D eigenvalue weighted by Crippen LogP contribution is 2.27. The lowest BCUT2D eigenvalue weighted by Crippen LogP contribution is -2.39. The number of pyridine rings is 1. The Kier molecular flexibility index (Phi) is 9.63. The number of nitrogens with zero attached hydrogens (tertiary/aromatic N) is 2. The number of benzene rings is 2. The lowest BCUT2D eigenvalue weighted by molar-refractivity contribution is -0.137. The number of aromatic nitrogens is 1. The van der Waals surface area contributed by atoms with Gasteiger partial charge in [-0.3, -0.25) is 9.59 Å². The molecule has 184 valence electrons. The van der Waals surface area contributed by atoms with Gasteiger partial charge in [0.05, 0.1) is 24.6 Å². The van der Waals surface area contributed by atoms with Gasteiger partial charge in [-0.1, -0.05) is 46.3 Å². The predicted octanol–water partition coefficient (Wildman–Crippen LogP) is 4.02. The van der Waals surface area contributed by atoms with E-state index in [1.807, 2.05) is 55.5 Å². The highest BCUT2D eigenvalue weighted by molar-refractivity contribution is 9.10. The van der Waals surface area contributed by atoms with Crippen LogP contribution in [-0.4, -0.2) is 46.3 Å². The molecule has 0 bridgehead atoms. The third-order valence-corrected chi connectivity index (χ3v) is 5.81. The van der Waals surface area contributed by atoms with Gasteiger partial charge in [-0.25, -0.2) is 4.98 Å². The Labute approximate surface area is 212 Å². The molecule has 0 aliphatic heterocycles. The maximum absolute atomic E-state index is 12.4. The van der Waals surface area contributed by atoms with Crippen LogP contribution in [0, 0.1) is 0 Å². The molecule has 1 amide bonds. The molecule has 1 unspecified atom stereocenters. The average molecular weight is 542 g/mol. The first-order valence-electron chi connectivity index (χ1n) is 11.2. The molecule has 3 rings (SSSR count). The third-order valence-electron chi connectivity index (χ3n) is 5.31. The second-order valence-corrected chi connectivity index (χ2v) is 8.81. The molecule has 35 heavy (non-hydrogen) atoms. The standard InChI is InChI=1S/C26H28BrN3O5/c1-2-30(24-11-8-19(14-28-24)26(34)29-22(16-31)13-25(32)33)15-20-12-21(27)9-10-23(20)35-17-18-6-4-3-5-7-18/h3-12,14,22,31H,2,13,15-17H2,1H3,(H,29,34)(H,32,33). The van der Waals surface area contributed by atoms with Crippen molar-refractivity contribution in [1.82, 2.24) is 10.3 Å². The Morgan fingerprint density at radius 1 is 1.14 bits per heavy atom. The summed E-state index contributed by atoms with van der Waals surface area (Å²) in [4.78, 5) is 29.8. The molecular weight excluding hydrogens is 514 g/mol. The van der Waals surface area contributed by atoms with Gasteiger partial charge in [0.25, 0.3) is 5.91 Å². The van der Waals surface area contributed by atoms with Gasteiger partial charge in [-0.15, -0.1) is 0 Å². The van der Waals surface area contributed by atoms with E-state index in [0.29, 0.717) is 25.5 Å². The average Bonchev–Trinajstić information content (AvgIpc) is 2.86. The number of amides is 1. The number of halogens is 1. The van der Waals surface area contributed by atoms with Crippen LogP contribution in [-0.2, 0) is 17.9 Å². The molecule has 0 aliphatic rings. The fraction of sp³-hybridized carbons (Fsp3) is 0.269. The Balaban J connectivity index is 1.70. The first-order valence-corrected chi connectivity index (χ1v) is 12.0. The van der Waals surface area contributed by atoms with E-state index in [1.54, 1.807) is 12.1 Å². The summed E-state index contributed by atoms with van der Waals surface area (Å²) in [6.07, 6.45) is 1.08. The Morgan fingerprint density at radius 2 is 1.91 bits per heavy atom. The van der Waals surface area contributed by atoms with Crippen molar-refractivity contribution < 1.29 is 24.5 Å². The predicted molar refractivity (Wildman–Crippen MR) is 136 cm³/mol. The highest BCUT2D eigenvalue weighted by Gasteiger charge is 2.17. The van der Waals surface area contributed by atoms with Gasteiger partial charge >= 0.3 is 5.97 Å². The second kappa shape index (κ2) is 12.9. The summed E-state index contributed by atoms with van der Waals surface area (Å²) in [5, 5.41) is 20.7. The number of carboxylic acid groups (broad SMARTS) is 1. The van der Waals surface area contributed by atoms with Crippen LogP contribution in [0.3, 0.4) is 0 Å². The van der Waals surface area contributed by atoms with E-state index in [-0.39, 0.29) is 12.0 Å². The van der Waals surface area contributed by atoms with Crippen molar-refractivity contribution in [2.45, 2.75) is 32.5 Å². The maximum atomic E-state index is 12.4. The first kappa shape index (κ1) is 26.2. The van der Waals surface area contributed by atoms with Crippen LogP contribution in [0.5, 0.6) is 5.75 Å². The molecule has 1 atom stereocenters. The van der Waals surface area contributed by atoms with Gasteiger partial charge < -0.3 is 25.2 Å². The highest BCUT2D eigenvalue weighted by atomic mass is 79.9. The lowest BCUT2D eigenvalue weighted by Gasteiger charge is -2.24. The molecule has 1 heterocycles. The van der Waals surface area contributed by atoms with Crippen molar-refractivity contribution in [3.63, 3.8) is 0 Å². The fourth-order valence-electron chi connectivity index (χ4n) is 3.46. The number of nitrogens with one attached hydrogen (secondary N) is 1. The normalized spacial score (nSPS) is 11.5. The van der Waals surface area contributed by atoms with Crippen LogP contribution in [0.2, 0.25) is 0 Å². The number of carbonyl (C=O) groups excluding carboxylic acids is 1. The largest absolute Gasteiger partial charge is 0.489 e. The Hall–Kier alpha value is -3.43. The zero-order valence-corrected chi connectivity index (χ0v) is 20.9. The van der Waals surface area contributed by atoms with Crippen molar-refractivity contribution in [3.8, 4) is 5.75 Å². The first-order chi connectivity index (χ1) is 16.9. The van der Waals surface area contributed by atoms with Crippen LogP contribution in [0.25, 0.3) is 0 Å². The smallest absolute Gasteiger partial charge is 0.305 e. The fourth-order valence-corrected chi connectivity index (χ4v) is 3.86. The summed E-state index contributed by atoms with van der Waals surface area (Å²) in [6, 6.07) is 18.4. The number of aliphatic hydroxyl groups excluding tert-OH is 1. The van der Waals surface area contributed by atoms with Gasteiger partial charge in [0.2, 0.25) is 0 Å². The summed E-state index contributed by atoms with van der Waals surface area (Å²) in [5.41, 5.74) is 2.35. The molecule has 0 aliphatic carbocycles. The van der Waals surface area contributed by atoms with Gasteiger partial charge in [0.1, 0.15) is 18.2 Å². The molecular formula is C26H28BrN3O5. The second-order valence-electron chi connectivity index (χ2n) is 7.90. The van der Waals surface area contributed by atoms with Crippen LogP contribution in [0.15, 0.2) is 71.3 Å². The molecule has 0 saturated heterocycles. The topological polar surface area (TPSA) is 112 Å². The van der Waals surface area contributed by atoms with Crippen molar-refractivity contribution in [3.05, 3.63) is 88.0 Å². The van der Waals surface area contributed by atoms with E-state index in [0.717, 1.165) is 21.3 Å². The maximum Gasteiger partial charge on any atom is 0.305 e. The molecule has 8 nitrogen and oxygen atoms in total. The van der Waals surface area contributed by atoms with Crippen LogP contribution in [0.4, 0.5) is 5.82 Å². The molecule has 9 heteroatoms. The molecule has 3 aromatic rings. The van der Waals surface area contributed by atoms with Crippen molar-refractivity contribution in [2.75, 3.05) is 18.1 Å². The zero-order valence-electron chi connectivity index (χ0n) is 19.4. The molecule has 2 aromatic carbocycles. The van der Waals surface area contributed by atoms with Crippen LogP contribution in [0.1, 0.15) is 34.8 Å². The number of anilines is 1. The van der Waals surface area contributed by atoms with Gasteiger partial charge in [-0.05, 0) is 42.8 Å². The minimum atomic E-state index is -1.10. The number of rotatable bonds is 12. The Morgan fingerprint density at radius 3 is 2.54 bits per heavy atom. The summed E-state index contributed by atoms with van der Waals surface area (Å²) in [5.74, 6) is -0.130. The number of carboxylic acids is 1. The zero-order chi connectivity index (χ0) is 25.2. The summed E-state index contributed by atoms with van der Waals surface area (Å²) in [7, 11) is 0. The minimum Gasteiger partial charge on any atom is -0.489 e. The number of hydrogen-bond donors (Lipinski definition) is 3. The van der Waals surface area contributed by atoms with E-state index in [2.05, 4.69) is 31.1 Å². The molecule has 0 fully saturated rings. The van der Waals surface area contributed by atoms with E-state index in [1.165, 1.54) is 6.20 Å². The SMILES string of the molecule is CCN(Cc1cc(Br)ccc1OCc1ccccc1)c1ccc(C(=O)NC(CO)CC(=O)O)cn1. The van der Waals surface area contributed by atoms with Gasteiger partial charge in [-0.2, -0.15) is 0 Å². The summed E-state index contributed by atoms with van der Waals surface area (Å²) < 4.78 is 7.04. The number of aliphatic carboxylic acids is 1. The summed E-state index contributed by atoms with van der Waals surface area (Å²) in [6.45, 7) is 3.23. The van der Waals surface area contributed by atoms with Gasteiger partial charge in [0, 0.05) is 29.3 Å². The molecule has 0 saturated carbocycles. The molecule has 0 radical (unpaired) electrons. The molecule has 0 spiro atoms. The lowest BCUT2D eigenvalue weighted by atomic mass is 10.1. The monoisotopic (exact) mass is 541 g/mol. The van der Waals surface area contributed by atoms with E-state index in [4.69, 9.17) is 9.84 Å². The summed E-state index contributed by atoms with van der Waals surface area (Å²) >= 11 is 3.54. The van der Waals surface area contributed by atoms with Crippen molar-refractivity contribution >= 4 is 33.6 Å².